The smallest absolute Gasteiger partial charge is 0.0116 e. The zero-order valence-corrected chi connectivity index (χ0v) is 14.1. The molecule has 1 rings (SSSR count). The molecule has 0 aromatic heterocycles. The summed E-state index contributed by atoms with van der Waals surface area (Å²) in [6.45, 7) is 6.03. The number of hydrogen-bond acceptors (Lipinski definition) is 2. The third-order valence-corrected chi connectivity index (χ3v) is 4.80. The Kier molecular flexibility index (Phi) is 11.4. The largest absolute Gasteiger partial charge is 0.317 e. The lowest BCUT2D eigenvalue weighted by atomic mass is 10.0. The van der Waals surface area contributed by atoms with Gasteiger partial charge in [0.25, 0.3) is 0 Å². The van der Waals surface area contributed by atoms with Gasteiger partial charge in [0.2, 0.25) is 0 Å². The summed E-state index contributed by atoms with van der Waals surface area (Å²) in [6, 6.07) is 0.842. The minimum Gasteiger partial charge on any atom is -0.317 e. The van der Waals surface area contributed by atoms with Crippen LogP contribution in [0.25, 0.3) is 0 Å². The lowest BCUT2D eigenvalue weighted by Crippen LogP contribution is -2.41. The molecule has 0 saturated carbocycles. The molecular formula is C18H38N2. The van der Waals surface area contributed by atoms with Crippen molar-refractivity contribution in [1.82, 2.24) is 10.2 Å². The first-order valence-corrected chi connectivity index (χ1v) is 9.25. The van der Waals surface area contributed by atoms with Crippen molar-refractivity contribution in [2.24, 2.45) is 0 Å². The van der Waals surface area contributed by atoms with Crippen LogP contribution in [-0.2, 0) is 0 Å². The molecule has 120 valence electrons. The first-order chi connectivity index (χ1) is 9.84. The van der Waals surface area contributed by atoms with Gasteiger partial charge in [0.1, 0.15) is 0 Å². The van der Waals surface area contributed by atoms with E-state index in [-0.39, 0.29) is 0 Å². The molecule has 0 aromatic carbocycles. The number of nitrogens with one attached hydrogen (secondary N) is 1. The quantitative estimate of drug-likeness (QED) is 0.527. The van der Waals surface area contributed by atoms with Crippen molar-refractivity contribution in [1.29, 1.82) is 0 Å². The van der Waals surface area contributed by atoms with Crippen molar-refractivity contribution in [3.05, 3.63) is 0 Å². The van der Waals surface area contributed by atoms with Crippen LogP contribution in [0.3, 0.4) is 0 Å². The maximum atomic E-state index is 3.45. The predicted octanol–water partition coefficient (Wildman–Crippen LogP) is 4.59. The standard InChI is InChI=1S/C18H38N2/c1-3-4-5-6-7-8-9-10-11-12-17-20(2)18-13-15-19-16-14-18/h18-19H,3-17H2,1-2H3. The van der Waals surface area contributed by atoms with E-state index >= 15 is 0 Å². The average molecular weight is 283 g/mol. The van der Waals surface area contributed by atoms with Crippen molar-refractivity contribution < 1.29 is 0 Å². The second-order valence-corrected chi connectivity index (χ2v) is 6.64. The Hall–Kier alpha value is -0.0800. The highest BCUT2D eigenvalue weighted by Gasteiger charge is 2.16. The maximum Gasteiger partial charge on any atom is 0.0116 e. The van der Waals surface area contributed by atoms with Gasteiger partial charge in [0, 0.05) is 6.04 Å². The topological polar surface area (TPSA) is 15.3 Å². The maximum absolute atomic E-state index is 3.45. The summed E-state index contributed by atoms with van der Waals surface area (Å²) in [7, 11) is 2.32. The minimum absolute atomic E-state index is 0.842. The van der Waals surface area contributed by atoms with Gasteiger partial charge in [-0.25, -0.2) is 0 Å². The molecule has 0 bridgehead atoms. The summed E-state index contributed by atoms with van der Waals surface area (Å²) in [5.74, 6) is 0. The Labute approximate surface area is 127 Å². The van der Waals surface area contributed by atoms with E-state index in [9.17, 15) is 0 Å². The van der Waals surface area contributed by atoms with E-state index in [2.05, 4.69) is 24.2 Å². The highest BCUT2D eigenvalue weighted by molar-refractivity contribution is 4.75. The fourth-order valence-electron chi connectivity index (χ4n) is 3.28. The SMILES string of the molecule is CCCCCCCCCCCCN(C)C1CCNCC1. The van der Waals surface area contributed by atoms with Crippen molar-refractivity contribution in [3.63, 3.8) is 0 Å². The van der Waals surface area contributed by atoms with Crippen molar-refractivity contribution in [2.45, 2.75) is 90.0 Å². The van der Waals surface area contributed by atoms with E-state index in [1.54, 1.807) is 0 Å². The van der Waals surface area contributed by atoms with Crippen LogP contribution < -0.4 is 5.32 Å². The molecule has 1 N–H and O–H groups in total. The summed E-state index contributed by atoms with van der Waals surface area (Å²) >= 11 is 0. The summed E-state index contributed by atoms with van der Waals surface area (Å²) in [6.07, 6.45) is 17.1. The van der Waals surface area contributed by atoms with Gasteiger partial charge in [-0.15, -0.1) is 0 Å². The van der Waals surface area contributed by atoms with Crippen LogP contribution >= 0.6 is 0 Å². The van der Waals surface area contributed by atoms with Crippen LogP contribution in [-0.4, -0.2) is 37.6 Å². The summed E-state index contributed by atoms with van der Waals surface area (Å²) in [4.78, 5) is 2.60. The number of unbranched alkanes of at least 4 members (excludes halogenated alkanes) is 9. The van der Waals surface area contributed by atoms with E-state index in [1.165, 1.54) is 96.7 Å². The molecule has 1 fully saturated rings. The molecule has 0 aromatic rings. The van der Waals surface area contributed by atoms with Gasteiger partial charge in [-0.3, -0.25) is 0 Å². The van der Waals surface area contributed by atoms with E-state index < -0.39 is 0 Å². The van der Waals surface area contributed by atoms with Crippen LogP contribution in [0.1, 0.15) is 84.0 Å². The van der Waals surface area contributed by atoms with Crippen LogP contribution in [0, 0.1) is 0 Å². The molecule has 1 saturated heterocycles. The lowest BCUT2D eigenvalue weighted by molar-refractivity contribution is 0.195. The highest BCUT2D eigenvalue weighted by atomic mass is 15.1. The molecule has 0 aliphatic carbocycles. The van der Waals surface area contributed by atoms with Crippen LogP contribution in [0.5, 0.6) is 0 Å². The Balaban J connectivity index is 1.82. The third-order valence-electron chi connectivity index (χ3n) is 4.80. The molecule has 2 heteroatoms. The van der Waals surface area contributed by atoms with Gasteiger partial charge in [-0.2, -0.15) is 0 Å². The van der Waals surface area contributed by atoms with Gasteiger partial charge >= 0.3 is 0 Å². The monoisotopic (exact) mass is 282 g/mol. The molecule has 0 radical (unpaired) electrons. The fourth-order valence-corrected chi connectivity index (χ4v) is 3.28. The third kappa shape index (κ3) is 8.97. The number of hydrogen-bond donors (Lipinski definition) is 1. The van der Waals surface area contributed by atoms with Crippen LogP contribution in [0.2, 0.25) is 0 Å². The Morgan fingerprint density at radius 1 is 0.800 bits per heavy atom. The van der Waals surface area contributed by atoms with Gasteiger partial charge < -0.3 is 10.2 Å². The molecule has 0 atom stereocenters. The molecule has 20 heavy (non-hydrogen) atoms. The number of nitrogens with zero attached hydrogens (tertiary/aromatic N) is 1. The first-order valence-electron chi connectivity index (χ1n) is 9.25. The molecule has 0 spiro atoms. The zero-order valence-electron chi connectivity index (χ0n) is 14.1. The van der Waals surface area contributed by atoms with E-state index in [0.29, 0.717) is 0 Å². The normalized spacial score (nSPS) is 16.9. The molecule has 2 nitrogen and oxygen atoms in total. The Bertz CT molecular complexity index is 200. The fraction of sp³-hybridized carbons (Fsp3) is 1.00. The summed E-state index contributed by atoms with van der Waals surface area (Å²) in [5, 5.41) is 3.45. The van der Waals surface area contributed by atoms with Gasteiger partial charge in [0.05, 0.1) is 0 Å². The van der Waals surface area contributed by atoms with Crippen molar-refractivity contribution in [3.8, 4) is 0 Å². The van der Waals surface area contributed by atoms with E-state index in [0.717, 1.165) is 6.04 Å². The second kappa shape index (κ2) is 12.6. The van der Waals surface area contributed by atoms with Gasteiger partial charge in [-0.1, -0.05) is 64.7 Å². The second-order valence-electron chi connectivity index (χ2n) is 6.64. The Morgan fingerprint density at radius 2 is 1.30 bits per heavy atom. The highest BCUT2D eigenvalue weighted by Crippen LogP contribution is 2.13. The summed E-state index contributed by atoms with van der Waals surface area (Å²) < 4.78 is 0. The molecule has 1 heterocycles. The molecular weight excluding hydrogens is 244 g/mol. The molecule has 1 aliphatic heterocycles. The van der Waals surface area contributed by atoms with E-state index in [1.807, 2.05) is 0 Å². The van der Waals surface area contributed by atoms with Crippen molar-refractivity contribution >= 4 is 0 Å². The molecule has 0 unspecified atom stereocenters. The zero-order chi connectivity index (χ0) is 14.5. The Morgan fingerprint density at radius 3 is 1.85 bits per heavy atom. The molecule has 1 aliphatic rings. The first kappa shape index (κ1) is 18.0. The molecule has 0 amide bonds. The van der Waals surface area contributed by atoms with E-state index in [4.69, 9.17) is 0 Å². The average Bonchev–Trinajstić information content (AvgIpc) is 2.50. The van der Waals surface area contributed by atoms with Crippen LogP contribution in [0.15, 0.2) is 0 Å². The minimum atomic E-state index is 0.842. The van der Waals surface area contributed by atoms with Crippen molar-refractivity contribution in [2.75, 3.05) is 26.7 Å². The summed E-state index contributed by atoms with van der Waals surface area (Å²) in [5.41, 5.74) is 0. The predicted molar refractivity (Wildman–Crippen MR) is 90.4 cm³/mol. The van der Waals surface area contributed by atoms with Gasteiger partial charge in [-0.05, 0) is 45.9 Å². The lowest BCUT2D eigenvalue weighted by Gasteiger charge is -2.31. The number of rotatable bonds is 12. The van der Waals surface area contributed by atoms with Crippen LogP contribution in [0.4, 0.5) is 0 Å². The number of piperidine rings is 1. The van der Waals surface area contributed by atoms with Gasteiger partial charge in [0.15, 0.2) is 0 Å².